The van der Waals surface area contributed by atoms with Crippen molar-refractivity contribution in [3.05, 3.63) is 59.9 Å². The lowest BCUT2D eigenvalue weighted by Gasteiger charge is -2.42. The Labute approximate surface area is 145 Å². The van der Waals surface area contributed by atoms with Crippen LogP contribution >= 0.6 is 0 Å². The number of halogens is 1. The molecule has 0 saturated carbocycles. The molecular weight excluding hydrogens is 325 g/mol. The van der Waals surface area contributed by atoms with Gasteiger partial charge in [-0.1, -0.05) is 18.7 Å². The second-order valence-corrected chi connectivity index (χ2v) is 5.54. The highest BCUT2D eigenvalue weighted by atomic mass is 19.1. The number of rotatable bonds is 5. The molecule has 25 heavy (non-hydrogen) atoms. The van der Waals surface area contributed by atoms with Crippen LogP contribution in [0.2, 0.25) is 0 Å². The van der Waals surface area contributed by atoms with Gasteiger partial charge in [0.1, 0.15) is 5.82 Å². The van der Waals surface area contributed by atoms with E-state index in [2.05, 4.69) is 6.58 Å². The first-order chi connectivity index (χ1) is 12.0. The monoisotopic (exact) mass is 343 g/mol. The fourth-order valence-corrected chi connectivity index (χ4v) is 2.95. The van der Waals surface area contributed by atoms with E-state index in [1.165, 1.54) is 33.5 Å². The van der Waals surface area contributed by atoms with Gasteiger partial charge in [0.2, 0.25) is 5.75 Å². The van der Waals surface area contributed by atoms with Crippen molar-refractivity contribution in [2.75, 3.05) is 26.2 Å². The van der Waals surface area contributed by atoms with E-state index >= 15 is 0 Å². The number of hydrogen-bond donors (Lipinski definition) is 0. The molecule has 5 nitrogen and oxygen atoms in total. The lowest BCUT2D eigenvalue weighted by Crippen LogP contribution is -2.48. The van der Waals surface area contributed by atoms with Crippen LogP contribution in [-0.4, -0.2) is 27.2 Å². The zero-order chi connectivity index (χ0) is 18.1. The first kappa shape index (κ1) is 16.8. The Morgan fingerprint density at radius 2 is 1.56 bits per heavy atom. The summed E-state index contributed by atoms with van der Waals surface area (Å²) in [4.78, 5) is 14.0. The predicted molar refractivity (Wildman–Crippen MR) is 91.9 cm³/mol. The number of ether oxygens (including phenoxy) is 3. The standard InChI is InChI=1S/C19H18FNO4/c1-11-17(12-5-7-13(20)8-6-12)21(19(11)22)14-9-15(23-2)18(25-4)16(10-14)24-3/h5-10,17H,1H2,2-4H3/t17-/m1/s1. The van der Waals surface area contributed by atoms with Gasteiger partial charge in [-0.05, 0) is 17.7 Å². The molecule has 3 rings (SSSR count). The molecule has 130 valence electrons. The Morgan fingerprint density at radius 3 is 2.04 bits per heavy atom. The summed E-state index contributed by atoms with van der Waals surface area (Å²) in [5.41, 5.74) is 1.81. The molecule has 6 heteroatoms. The third-order valence-electron chi connectivity index (χ3n) is 4.20. The van der Waals surface area contributed by atoms with Gasteiger partial charge in [0.15, 0.2) is 11.5 Å². The summed E-state index contributed by atoms with van der Waals surface area (Å²) in [5.74, 6) is 0.793. The van der Waals surface area contributed by atoms with E-state index in [4.69, 9.17) is 14.2 Å². The topological polar surface area (TPSA) is 48.0 Å². The number of methoxy groups -OCH3 is 3. The first-order valence-corrected chi connectivity index (χ1v) is 7.59. The Balaban J connectivity index is 2.06. The second-order valence-electron chi connectivity index (χ2n) is 5.54. The van der Waals surface area contributed by atoms with Crippen molar-refractivity contribution in [2.24, 2.45) is 0 Å². The van der Waals surface area contributed by atoms with Crippen LogP contribution in [-0.2, 0) is 4.79 Å². The number of benzene rings is 2. The molecule has 2 aromatic carbocycles. The number of amides is 1. The summed E-state index contributed by atoms with van der Waals surface area (Å²) in [6, 6.07) is 9.03. The maximum Gasteiger partial charge on any atom is 0.256 e. The molecule has 0 radical (unpaired) electrons. The van der Waals surface area contributed by atoms with Gasteiger partial charge < -0.3 is 14.2 Å². The molecule has 0 aromatic heterocycles. The van der Waals surface area contributed by atoms with E-state index in [0.717, 1.165) is 5.56 Å². The molecule has 1 aliphatic heterocycles. The number of carbonyl (C=O) groups excluding carboxylic acids is 1. The van der Waals surface area contributed by atoms with Crippen LogP contribution in [0.15, 0.2) is 48.6 Å². The summed E-state index contributed by atoms with van der Waals surface area (Å²) in [6.07, 6.45) is 0. The molecule has 2 aromatic rings. The molecule has 0 unspecified atom stereocenters. The number of β-lactam (4-membered cyclic amide) rings is 1. The number of carbonyl (C=O) groups is 1. The van der Waals surface area contributed by atoms with Crippen LogP contribution in [0.25, 0.3) is 0 Å². The number of hydrogen-bond acceptors (Lipinski definition) is 4. The molecule has 0 N–H and O–H groups in total. The van der Waals surface area contributed by atoms with E-state index in [9.17, 15) is 9.18 Å². The van der Waals surface area contributed by atoms with Gasteiger partial charge in [0, 0.05) is 17.7 Å². The van der Waals surface area contributed by atoms with Crippen molar-refractivity contribution < 1.29 is 23.4 Å². The normalized spacial score (nSPS) is 16.5. The van der Waals surface area contributed by atoms with Crippen LogP contribution in [0, 0.1) is 5.82 Å². The maximum atomic E-state index is 13.2. The van der Waals surface area contributed by atoms with Crippen LogP contribution in [0.5, 0.6) is 17.2 Å². The van der Waals surface area contributed by atoms with Gasteiger partial charge >= 0.3 is 0 Å². The third-order valence-corrected chi connectivity index (χ3v) is 4.20. The third kappa shape index (κ3) is 2.69. The van der Waals surface area contributed by atoms with Gasteiger partial charge in [0.05, 0.1) is 33.1 Å². The first-order valence-electron chi connectivity index (χ1n) is 7.59. The van der Waals surface area contributed by atoms with Gasteiger partial charge in [-0.15, -0.1) is 0 Å². The molecular formula is C19H18FNO4. The minimum absolute atomic E-state index is 0.205. The van der Waals surface area contributed by atoms with Crippen molar-refractivity contribution in [3.63, 3.8) is 0 Å². The molecule has 0 spiro atoms. The van der Waals surface area contributed by atoms with E-state index in [-0.39, 0.29) is 17.8 Å². The summed E-state index contributed by atoms with van der Waals surface area (Å²) < 4.78 is 29.2. The van der Waals surface area contributed by atoms with Crippen molar-refractivity contribution in [2.45, 2.75) is 6.04 Å². The fourth-order valence-electron chi connectivity index (χ4n) is 2.95. The largest absolute Gasteiger partial charge is 0.493 e. The van der Waals surface area contributed by atoms with Crippen molar-refractivity contribution >= 4 is 11.6 Å². The number of nitrogens with zero attached hydrogens (tertiary/aromatic N) is 1. The highest BCUT2D eigenvalue weighted by Gasteiger charge is 2.43. The molecule has 1 heterocycles. The van der Waals surface area contributed by atoms with Crippen LogP contribution in [0.4, 0.5) is 10.1 Å². The van der Waals surface area contributed by atoms with Crippen molar-refractivity contribution in [3.8, 4) is 17.2 Å². The quantitative estimate of drug-likeness (QED) is 0.616. The molecule has 1 atom stereocenters. The smallest absolute Gasteiger partial charge is 0.256 e. The molecule has 0 aliphatic carbocycles. The fraction of sp³-hybridized carbons (Fsp3) is 0.211. The van der Waals surface area contributed by atoms with Gasteiger partial charge in [0.25, 0.3) is 5.91 Å². The summed E-state index contributed by atoms with van der Waals surface area (Å²) >= 11 is 0. The Hall–Kier alpha value is -3.02. The SMILES string of the molecule is C=C1C(=O)N(c2cc(OC)c(OC)c(OC)c2)[C@H]1c1ccc(F)cc1. The Morgan fingerprint density at radius 1 is 1.00 bits per heavy atom. The minimum Gasteiger partial charge on any atom is -0.493 e. The van der Waals surface area contributed by atoms with Gasteiger partial charge in [-0.25, -0.2) is 4.39 Å². The Bertz CT molecular complexity index is 807. The number of anilines is 1. The highest BCUT2D eigenvalue weighted by molar-refractivity contribution is 6.15. The highest BCUT2D eigenvalue weighted by Crippen LogP contribution is 2.47. The predicted octanol–water partition coefficient (Wildman–Crippen LogP) is 3.50. The summed E-state index contributed by atoms with van der Waals surface area (Å²) in [5, 5.41) is 0. The van der Waals surface area contributed by atoms with E-state index in [1.54, 1.807) is 29.2 Å². The lowest BCUT2D eigenvalue weighted by molar-refractivity contribution is -0.118. The summed E-state index contributed by atoms with van der Waals surface area (Å²) in [7, 11) is 4.53. The second kappa shape index (κ2) is 6.47. The summed E-state index contributed by atoms with van der Waals surface area (Å²) in [6.45, 7) is 3.84. The van der Waals surface area contributed by atoms with Gasteiger partial charge in [-0.3, -0.25) is 9.69 Å². The zero-order valence-corrected chi connectivity index (χ0v) is 14.2. The van der Waals surface area contributed by atoms with Crippen LogP contribution in [0.3, 0.4) is 0 Å². The molecule has 1 saturated heterocycles. The van der Waals surface area contributed by atoms with Gasteiger partial charge in [-0.2, -0.15) is 0 Å². The van der Waals surface area contributed by atoms with Crippen LogP contribution < -0.4 is 19.1 Å². The molecule has 1 amide bonds. The van der Waals surface area contributed by atoms with E-state index < -0.39 is 0 Å². The van der Waals surface area contributed by atoms with E-state index in [1.807, 2.05) is 0 Å². The van der Waals surface area contributed by atoms with Crippen molar-refractivity contribution in [1.82, 2.24) is 0 Å². The average Bonchev–Trinajstić information content (AvgIpc) is 2.64. The lowest BCUT2D eigenvalue weighted by atomic mass is 9.88. The maximum absolute atomic E-state index is 13.2. The molecule has 1 aliphatic rings. The minimum atomic E-state index is -0.365. The van der Waals surface area contributed by atoms with Crippen molar-refractivity contribution in [1.29, 1.82) is 0 Å². The zero-order valence-electron chi connectivity index (χ0n) is 14.2. The molecule has 1 fully saturated rings. The van der Waals surface area contributed by atoms with Crippen LogP contribution in [0.1, 0.15) is 11.6 Å². The molecule has 0 bridgehead atoms. The van der Waals surface area contributed by atoms with E-state index in [0.29, 0.717) is 28.5 Å². The average molecular weight is 343 g/mol. The Kier molecular flexibility index (Phi) is 4.35.